The lowest BCUT2D eigenvalue weighted by Gasteiger charge is -2.05. The van der Waals surface area contributed by atoms with E-state index < -0.39 is 0 Å². The summed E-state index contributed by atoms with van der Waals surface area (Å²) >= 11 is 5.65. The molecule has 0 aromatic rings. The molecule has 0 atom stereocenters. The van der Waals surface area contributed by atoms with Crippen LogP contribution in [0.5, 0.6) is 0 Å². The average Bonchev–Trinajstić information content (AvgIpc) is 2.38. The number of unbranched alkanes of at least 4 members (excludes halogenated alkanes) is 9. The summed E-state index contributed by atoms with van der Waals surface area (Å²) in [4.78, 5) is 0. The molecule has 0 saturated heterocycles. The molecule has 0 aromatic heterocycles. The van der Waals surface area contributed by atoms with Gasteiger partial charge in [-0.3, -0.25) is 0 Å². The van der Waals surface area contributed by atoms with Gasteiger partial charge in [0.25, 0.3) is 0 Å². The number of rotatable bonds is 14. The van der Waals surface area contributed by atoms with Crippen molar-refractivity contribution in [3.05, 3.63) is 12.2 Å². The highest BCUT2D eigenvalue weighted by Gasteiger charge is 1.96. The number of alkyl halides is 1. The maximum absolute atomic E-state index is 5.65. The first-order chi connectivity index (χ1) is 8.81. The smallest absolute Gasteiger partial charge is 0.0223 e. The van der Waals surface area contributed by atoms with E-state index >= 15 is 0 Å². The Morgan fingerprint density at radius 2 is 1.17 bits per heavy atom. The molecule has 0 fully saturated rings. The zero-order valence-corrected chi connectivity index (χ0v) is 13.2. The van der Waals surface area contributed by atoms with Gasteiger partial charge in [-0.05, 0) is 32.1 Å². The van der Waals surface area contributed by atoms with Crippen LogP contribution in [0.3, 0.4) is 0 Å². The fraction of sp³-hybridized carbons (Fsp3) is 0.882. The molecule has 0 saturated carbocycles. The Hall–Kier alpha value is 0.0300. The molecule has 0 aromatic carbocycles. The first-order valence-electron chi connectivity index (χ1n) is 8.04. The first kappa shape index (κ1) is 18.0. The van der Waals surface area contributed by atoms with Gasteiger partial charge in [0.2, 0.25) is 0 Å². The van der Waals surface area contributed by atoms with E-state index in [9.17, 15) is 0 Å². The van der Waals surface area contributed by atoms with Gasteiger partial charge in [0, 0.05) is 5.88 Å². The summed E-state index contributed by atoms with van der Waals surface area (Å²) in [5.41, 5.74) is 1.48. The zero-order chi connectivity index (χ0) is 13.5. The minimum atomic E-state index is 0.831. The third-order valence-corrected chi connectivity index (χ3v) is 3.82. The van der Waals surface area contributed by atoms with E-state index in [1.165, 1.54) is 89.0 Å². The number of allylic oxidation sites excluding steroid dienone is 1. The topological polar surface area (TPSA) is 0 Å². The van der Waals surface area contributed by atoms with E-state index in [4.69, 9.17) is 11.6 Å². The van der Waals surface area contributed by atoms with E-state index in [0.717, 1.165) is 5.88 Å². The molecule has 0 nitrogen and oxygen atoms in total. The molecule has 0 heterocycles. The summed E-state index contributed by atoms with van der Waals surface area (Å²) in [6.45, 7) is 6.46. The summed E-state index contributed by atoms with van der Waals surface area (Å²) in [7, 11) is 0. The van der Waals surface area contributed by atoms with E-state index in [0.29, 0.717) is 0 Å². The predicted molar refractivity (Wildman–Crippen MR) is 85.6 cm³/mol. The van der Waals surface area contributed by atoms with E-state index in [1.807, 2.05) is 0 Å². The lowest BCUT2D eigenvalue weighted by Crippen LogP contribution is -1.86. The molecule has 0 unspecified atom stereocenters. The zero-order valence-electron chi connectivity index (χ0n) is 12.5. The van der Waals surface area contributed by atoms with Crippen molar-refractivity contribution in [1.82, 2.24) is 0 Å². The second-order valence-corrected chi connectivity index (χ2v) is 5.85. The largest absolute Gasteiger partial charge is 0.127 e. The van der Waals surface area contributed by atoms with Crippen LogP contribution in [-0.2, 0) is 0 Å². The number of hydrogen-bond donors (Lipinski definition) is 0. The Morgan fingerprint density at radius 1 is 0.722 bits per heavy atom. The lowest BCUT2D eigenvalue weighted by molar-refractivity contribution is 0.582. The second-order valence-electron chi connectivity index (χ2n) is 5.47. The molecular weight excluding hydrogens is 240 g/mol. The van der Waals surface area contributed by atoms with E-state index in [2.05, 4.69) is 13.5 Å². The molecule has 18 heavy (non-hydrogen) atoms. The molecule has 0 amide bonds. The van der Waals surface area contributed by atoms with Crippen molar-refractivity contribution in [3.8, 4) is 0 Å². The van der Waals surface area contributed by atoms with Gasteiger partial charge in [0.15, 0.2) is 0 Å². The first-order valence-corrected chi connectivity index (χ1v) is 8.57. The number of hydrogen-bond acceptors (Lipinski definition) is 0. The van der Waals surface area contributed by atoms with Crippen molar-refractivity contribution in [2.75, 3.05) is 5.88 Å². The van der Waals surface area contributed by atoms with Crippen molar-refractivity contribution in [1.29, 1.82) is 0 Å². The molecule has 0 aliphatic rings. The SMILES string of the molecule is C=C(CCCCCC)CCCCCCCCCCl. The van der Waals surface area contributed by atoms with Gasteiger partial charge in [0.05, 0.1) is 0 Å². The summed E-state index contributed by atoms with van der Waals surface area (Å²) in [5.74, 6) is 0.831. The molecule has 0 spiro atoms. The monoisotopic (exact) mass is 272 g/mol. The average molecular weight is 273 g/mol. The van der Waals surface area contributed by atoms with E-state index in [1.54, 1.807) is 0 Å². The maximum Gasteiger partial charge on any atom is 0.0223 e. The Bertz CT molecular complexity index is 174. The maximum atomic E-state index is 5.65. The van der Waals surface area contributed by atoms with Gasteiger partial charge in [-0.25, -0.2) is 0 Å². The molecule has 0 N–H and O–H groups in total. The molecule has 0 rings (SSSR count). The minimum absolute atomic E-state index is 0.831. The third-order valence-electron chi connectivity index (χ3n) is 3.55. The van der Waals surface area contributed by atoms with Crippen LogP contribution in [0, 0.1) is 0 Å². The molecule has 108 valence electrons. The summed E-state index contributed by atoms with van der Waals surface area (Å²) in [5, 5.41) is 0. The predicted octanol–water partition coefficient (Wildman–Crippen LogP) is 6.87. The van der Waals surface area contributed by atoms with Crippen LogP contribution >= 0.6 is 11.6 Å². The van der Waals surface area contributed by atoms with Gasteiger partial charge in [-0.2, -0.15) is 0 Å². The van der Waals surface area contributed by atoms with Crippen molar-refractivity contribution >= 4 is 11.6 Å². The molecule has 0 radical (unpaired) electrons. The van der Waals surface area contributed by atoms with E-state index in [-0.39, 0.29) is 0 Å². The van der Waals surface area contributed by atoms with Crippen LogP contribution < -0.4 is 0 Å². The van der Waals surface area contributed by atoms with Crippen molar-refractivity contribution in [3.63, 3.8) is 0 Å². The number of halogens is 1. The van der Waals surface area contributed by atoms with Gasteiger partial charge in [-0.15, -0.1) is 11.6 Å². The molecule has 0 bridgehead atoms. The van der Waals surface area contributed by atoms with Crippen LogP contribution in [0.2, 0.25) is 0 Å². The highest BCUT2D eigenvalue weighted by molar-refractivity contribution is 6.17. The van der Waals surface area contributed by atoms with Crippen molar-refractivity contribution in [2.24, 2.45) is 0 Å². The standard InChI is InChI=1S/C17H33Cl/c1-3-4-5-11-14-17(2)15-12-9-7-6-8-10-13-16-18/h2-16H2,1H3. The quantitative estimate of drug-likeness (QED) is 0.184. The van der Waals surface area contributed by atoms with Crippen LogP contribution in [0.1, 0.15) is 90.4 Å². The lowest BCUT2D eigenvalue weighted by atomic mass is 10.0. The molecule has 0 aliphatic heterocycles. The summed E-state index contributed by atoms with van der Waals surface area (Å²) < 4.78 is 0. The van der Waals surface area contributed by atoms with Crippen molar-refractivity contribution < 1.29 is 0 Å². The van der Waals surface area contributed by atoms with Crippen LogP contribution in [0.4, 0.5) is 0 Å². The Labute approximate surface area is 120 Å². The Balaban J connectivity index is 3.10. The van der Waals surface area contributed by atoms with Gasteiger partial charge in [0.1, 0.15) is 0 Å². The van der Waals surface area contributed by atoms with Gasteiger partial charge >= 0.3 is 0 Å². The normalized spacial score (nSPS) is 10.8. The fourth-order valence-corrected chi connectivity index (χ4v) is 2.47. The van der Waals surface area contributed by atoms with Crippen LogP contribution in [0.15, 0.2) is 12.2 Å². The second kappa shape index (κ2) is 15.1. The molecule has 1 heteroatoms. The van der Waals surface area contributed by atoms with Gasteiger partial charge < -0.3 is 0 Å². The highest BCUT2D eigenvalue weighted by Crippen LogP contribution is 2.16. The van der Waals surface area contributed by atoms with Crippen LogP contribution in [0.25, 0.3) is 0 Å². The Kier molecular flexibility index (Phi) is 15.1. The highest BCUT2D eigenvalue weighted by atomic mass is 35.5. The fourth-order valence-electron chi connectivity index (χ4n) is 2.28. The van der Waals surface area contributed by atoms with Gasteiger partial charge in [-0.1, -0.05) is 70.4 Å². The molecular formula is C17H33Cl. The Morgan fingerprint density at radius 3 is 1.67 bits per heavy atom. The minimum Gasteiger partial charge on any atom is -0.127 e. The summed E-state index contributed by atoms with van der Waals surface area (Å²) in [6, 6.07) is 0. The van der Waals surface area contributed by atoms with Crippen LogP contribution in [-0.4, -0.2) is 5.88 Å². The van der Waals surface area contributed by atoms with Crippen molar-refractivity contribution in [2.45, 2.75) is 90.4 Å². The third kappa shape index (κ3) is 14.1. The summed E-state index contributed by atoms with van der Waals surface area (Å²) in [6.07, 6.45) is 17.4. The molecule has 0 aliphatic carbocycles.